The number of rotatable bonds is 2. The van der Waals surface area contributed by atoms with Gasteiger partial charge in [-0.3, -0.25) is 0 Å². The summed E-state index contributed by atoms with van der Waals surface area (Å²) in [6, 6.07) is 46.9. The van der Waals surface area contributed by atoms with Gasteiger partial charge in [0.25, 0.3) is 0 Å². The van der Waals surface area contributed by atoms with Crippen LogP contribution < -0.4 is 0 Å². The maximum absolute atomic E-state index is 2.27. The van der Waals surface area contributed by atoms with E-state index in [4.69, 9.17) is 0 Å². The average Bonchev–Trinajstić information content (AvgIpc) is 3.50. The van der Waals surface area contributed by atoms with Crippen LogP contribution >= 0.6 is 0 Å². The number of fused-ring (bicyclic) bond motifs is 2. The molecule has 0 unspecified atom stereocenters. The third-order valence-electron chi connectivity index (χ3n) is 5.45. The first-order chi connectivity index (χ1) is 16.6. The Hall–Kier alpha value is -2.36. The summed E-state index contributed by atoms with van der Waals surface area (Å²) in [5.41, 5.74) is 5.18. The standard InChI is InChI=1S/2C15H11.C3H9Si.Gd/c2*1-2-6-12(7-3-1)15-10-13-8-4-5-9-14(13)11-15;1-4(2)3;/h2*1-11H;1-3H3;/q2*-1;;+2. The molecule has 35 heavy (non-hydrogen) atoms. The molecule has 0 aromatic heterocycles. The predicted octanol–water partition coefficient (Wildman–Crippen LogP) is 9.82. The molecule has 0 spiro atoms. The molecule has 6 aromatic rings. The maximum Gasteiger partial charge on any atom is 2.00 e. The van der Waals surface area contributed by atoms with Crippen LogP contribution in [0.5, 0.6) is 0 Å². The zero-order valence-corrected chi connectivity index (χ0v) is 23.8. The van der Waals surface area contributed by atoms with Gasteiger partial charge in [-0.05, 0) is 0 Å². The third kappa shape index (κ3) is 7.82. The van der Waals surface area contributed by atoms with Gasteiger partial charge in [-0.15, -0.1) is 69.1 Å². The molecule has 0 saturated carbocycles. The van der Waals surface area contributed by atoms with E-state index in [1.807, 2.05) is 12.1 Å². The Morgan fingerprint density at radius 3 is 1.11 bits per heavy atom. The summed E-state index contributed by atoms with van der Waals surface area (Å²) < 4.78 is 0. The van der Waals surface area contributed by atoms with Crippen molar-refractivity contribution in [1.82, 2.24) is 0 Å². The minimum absolute atomic E-state index is 0. The van der Waals surface area contributed by atoms with Gasteiger partial charge in [0.05, 0.1) is 0 Å². The van der Waals surface area contributed by atoms with Crippen molar-refractivity contribution < 1.29 is 39.9 Å². The summed E-state index contributed by atoms with van der Waals surface area (Å²) in [5.74, 6) is 0. The second kappa shape index (κ2) is 13.7. The first kappa shape index (κ1) is 27.2. The van der Waals surface area contributed by atoms with E-state index in [0.717, 1.165) is 0 Å². The van der Waals surface area contributed by atoms with Crippen molar-refractivity contribution in [1.29, 1.82) is 0 Å². The normalized spacial score (nSPS) is 10.2. The fourth-order valence-corrected chi connectivity index (χ4v) is 3.90. The van der Waals surface area contributed by atoms with E-state index in [1.54, 1.807) is 0 Å². The van der Waals surface area contributed by atoms with E-state index < -0.39 is 0 Å². The molecule has 2 heteroatoms. The van der Waals surface area contributed by atoms with Crippen LogP contribution in [0.1, 0.15) is 0 Å². The Balaban J connectivity index is 0.000000166. The molecular formula is C33H31GdSi. The van der Waals surface area contributed by atoms with Gasteiger partial charge in [-0.25, -0.2) is 0 Å². The molecule has 0 nitrogen and oxygen atoms in total. The molecule has 1 radical (unpaired) electrons. The Bertz CT molecular complexity index is 1250. The smallest absolute Gasteiger partial charge is 0.145 e. The zero-order chi connectivity index (χ0) is 23.8. The van der Waals surface area contributed by atoms with Crippen LogP contribution in [0.25, 0.3) is 43.8 Å². The molecule has 0 N–H and O–H groups in total. The molecule has 0 aliphatic heterocycles. The number of hydrogen-bond donors (Lipinski definition) is 0. The Kier molecular flexibility index (Phi) is 10.6. The van der Waals surface area contributed by atoms with Gasteiger partial charge in [-0.2, -0.15) is 0 Å². The molecule has 6 aromatic carbocycles. The van der Waals surface area contributed by atoms with Gasteiger partial charge in [0.1, 0.15) is 0 Å². The zero-order valence-electron chi connectivity index (χ0n) is 20.6. The van der Waals surface area contributed by atoms with E-state index in [-0.39, 0.29) is 48.7 Å². The van der Waals surface area contributed by atoms with Crippen LogP contribution in [0.4, 0.5) is 0 Å². The van der Waals surface area contributed by atoms with Crippen molar-refractivity contribution in [3.63, 3.8) is 0 Å². The molecule has 6 rings (SSSR count). The second-order valence-corrected chi connectivity index (χ2v) is 12.0. The molecule has 0 fully saturated rings. The number of hydrogen-bond acceptors (Lipinski definition) is 0. The van der Waals surface area contributed by atoms with Crippen molar-refractivity contribution in [2.45, 2.75) is 19.6 Å². The maximum atomic E-state index is 2.27. The first-order valence-corrected chi connectivity index (χ1v) is 14.8. The Morgan fingerprint density at radius 1 is 0.457 bits per heavy atom. The van der Waals surface area contributed by atoms with Crippen molar-refractivity contribution >= 4 is 30.3 Å². The first-order valence-electron chi connectivity index (χ1n) is 11.8. The summed E-state index contributed by atoms with van der Waals surface area (Å²) >= 11 is 0. The van der Waals surface area contributed by atoms with Gasteiger partial charge in [0, 0.05) is 8.80 Å². The fourth-order valence-electron chi connectivity index (χ4n) is 3.90. The van der Waals surface area contributed by atoms with E-state index in [0.29, 0.717) is 0 Å². The summed E-state index contributed by atoms with van der Waals surface area (Å²) in [5, 5.41) is 5.26. The van der Waals surface area contributed by atoms with Gasteiger partial charge in [-0.1, -0.05) is 128 Å². The fraction of sp³-hybridized carbons (Fsp3) is 0.0909. The van der Waals surface area contributed by atoms with Crippen LogP contribution in [0, 0.1) is 39.9 Å². The molecule has 0 heterocycles. The van der Waals surface area contributed by atoms with Crippen LogP contribution in [0.3, 0.4) is 0 Å². The van der Waals surface area contributed by atoms with Gasteiger partial charge < -0.3 is 0 Å². The van der Waals surface area contributed by atoms with Crippen LogP contribution in [-0.4, -0.2) is 8.80 Å². The Labute approximate surface area is 243 Å². The monoisotopic (exact) mass is 613 g/mol. The summed E-state index contributed by atoms with van der Waals surface area (Å²) in [6.45, 7) is 6.81. The van der Waals surface area contributed by atoms with Crippen LogP contribution in [-0.2, 0) is 0 Å². The van der Waals surface area contributed by atoms with E-state index >= 15 is 0 Å². The predicted molar refractivity (Wildman–Crippen MR) is 153 cm³/mol. The van der Waals surface area contributed by atoms with Crippen molar-refractivity contribution in [2.75, 3.05) is 0 Å². The summed E-state index contributed by atoms with van der Waals surface area (Å²) in [4.78, 5) is 0. The molecule has 0 atom stereocenters. The topological polar surface area (TPSA) is 0 Å². The second-order valence-electron chi connectivity index (χ2n) is 8.98. The van der Waals surface area contributed by atoms with Gasteiger partial charge >= 0.3 is 39.9 Å². The Morgan fingerprint density at radius 2 is 0.771 bits per heavy atom. The van der Waals surface area contributed by atoms with E-state index in [2.05, 4.69) is 141 Å². The molecule has 175 valence electrons. The van der Waals surface area contributed by atoms with Gasteiger partial charge in [0.2, 0.25) is 0 Å². The SMILES string of the molecule is C[Si](C)C.[Gd+2].c1ccc(-c2cc3ccccc3[cH-]2)cc1.c1ccc(-c2cc3ccccc3[cH-]2)cc1. The third-order valence-corrected chi connectivity index (χ3v) is 5.45. The minimum Gasteiger partial charge on any atom is -0.145 e. The van der Waals surface area contributed by atoms with E-state index in [1.165, 1.54) is 43.8 Å². The quantitative estimate of drug-likeness (QED) is 0.135. The van der Waals surface area contributed by atoms with E-state index in [9.17, 15) is 0 Å². The summed E-state index contributed by atoms with van der Waals surface area (Å²) in [6.07, 6.45) is 0. The molecule has 0 aliphatic rings. The van der Waals surface area contributed by atoms with Crippen molar-refractivity contribution in [3.05, 3.63) is 133 Å². The molecule has 0 bridgehead atoms. The van der Waals surface area contributed by atoms with Crippen molar-refractivity contribution in [3.8, 4) is 22.3 Å². The minimum atomic E-state index is 0. The molecule has 0 aliphatic carbocycles. The van der Waals surface area contributed by atoms with Gasteiger partial charge in [0.15, 0.2) is 0 Å². The van der Waals surface area contributed by atoms with Crippen molar-refractivity contribution in [2.24, 2.45) is 0 Å². The number of benzene rings is 4. The molecule has 0 amide bonds. The summed E-state index contributed by atoms with van der Waals surface area (Å²) in [7, 11) is 0.120. The van der Waals surface area contributed by atoms with Crippen LogP contribution in [0.2, 0.25) is 19.6 Å². The largest absolute Gasteiger partial charge is 2.00 e. The molecule has 0 saturated heterocycles. The van der Waals surface area contributed by atoms with Crippen LogP contribution in [0.15, 0.2) is 133 Å². The average molecular weight is 613 g/mol. The molecular weight excluding hydrogens is 582 g/mol.